The lowest BCUT2D eigenvalue weighted by Gasteiger charge is -2.15. The average Bonchev–Trinajstić information content (AvgIpc) is 2.52. The number of methoxy groups -OCH3 is 1. The molecular weight excluding hydrogens is 272 g/mol. The molecule has 6 nitrogen and oxygen atoms in total. The molecule has 0 saturated carbocycles. The molecule has 1 N–H and O–H groups in total. The van der Waals surface area contributed by atoms with Gasteiger partial charge in [-0.25, -0.2) is 9.59 Å². The minimum absolute atomic E-state index is 0.124. The van der Waals surface area contributed by atoms with Gasteiger partial charge in [0.1, 0.15) is 12.6 Å². The quantitative estimate of drug-likeness (QED) is 0.614. The molecule has 0 heterocycles. The molecule has 21 heavy (non-hydrogen) atoms. The van der Waals surface area contributed by atoms with Crippen LogP contribution in [-0.4, -0.2) is 25.2 Å². The number of carbonyl (C=O) groups excluding carboxylic acids is 2. The maximum absolute atomic E-state index is 11.7. The Bertz CT molecular complexity index is 496. The highest BCUT2D eigenvalue weighted by atomic mass is 16.6. The van der Waals surface area contributed by atoms with Gasteiger partial charge in [-0.05, 0) is 18.4 Å². The van der Waals surface area contributed by atoms with Gasteiger partial charge in [0.25, 0.3) is 0 Å². The van der Waals surface area contributed by atoms with Crippen LogP contribution in [0.4, 0.5) is 4.79 Å². The van der Waals surface area contributed by atoms with Crippen LogP contribution in [0.2, 0.25) is 0 Å². The topological polar surface area (TPSA) is 88.4 Å². The second-order valence-corrected chi connectivity index (χ2v) is 4.33. The number of hydrogen-bond donors (Lipinski definition) is 1. The van der Waals surface area contributed by atoms with Gasteiger partial charge in [-0.1, -0.05) is 30.3 Å². The van der Waals surface area contributed by atoms with Crippen LogP contribution >= 0.6 is 0 Å². The van der Waals surface area contributed by atoms with Crippen molar-refractivity contribution < 1.29 is 19.1 Å². The molecule has 0 fully saturated rings. The molecule has 1 amide bonds. The van der Waals surface area contributed by atoms with Gasteiger partial charge in [0.05, 0.1) is 13.2 Å². The van der Waals surface area contributed by atoms with Gasteiger partial charge in [-0.3, -0.25) is 0 Å². The van der Waals surface area contributed by atoms with Gasteiger partial charge in [0.2, 0.25) is 0 Å². The molecule has 0 radical (unpaired) electrons. The molecule has 0 aliphatic carbocycles. The number of nitrogens with one attached hydrogen (secondary N) is 1. The fourth-order valence-corrected chi connectivity index (χ4v) is 1.68. The molecule has 1 atom stereocenters. The van der Waals surface area contributed by atoms with Gasteiger partial charge in [-0.2, -0.15) is 5.26 Å². The number of unbranched alkanes of at least 4 members (excludes halogenated alkanes) is 1. The van der Waals surface area contributed by atoms with Crippen LogP contribution in [0.15, 0.2) is 30.3 Å². The van der Waals surface area contributed by atoms with E-state index in [4.69, 9.17) is 10.00 Å². The number of carbonyl (C=O) groups is 2. The Morgan fingerprint density at radius 3 is 2.67 bits per heavy atom. The summed E-state index contributed by atoms with van der Waals surface area (Å²) in [6.07, 6.45) is 0.454. The molecule has 0 saturated heterocycles. The predicted octanol–water partition coefficient (Wildman–Crippen LogP) is 2.15. The maximum atomic E-state index is 11.7. The van der Waals surface area contributed by atoms with Crippen molar-refractivity contribution in [3.63, 3.8) is 0 Å². The third-order valence-corrected chi connectivity index (χ3v) is 2.77. The Labute approximate surface area is 123 Å². The average molecular weight is 290 g/mol. The Morgan fingerprint density at radius 1 is 1.33 bits per heavy atom. The number of rotatable bonds is 7. The molecule has 1 aromatic carbocycles. The highest BCUT2D eigenvalue weighted by molar-refractivity contribution is 5.81. The summed E-state index contributed by atoms with van der Waals surface area (Å²) in [5.74, 6) is -0.551. The van der Waals surface area contributed by atoms with E-state index >= 15 is 0 Å². The number of nitrogens with zero attached hydrogens (tertiary/aromatic N) is 1. The van der Waals surface area contributed by atoms with Crippen LogP contribution in [0.1, 0.15) is 24.8 Å². The fraction of sp³-hybridized carbons (Fsp3) is 0.400. The number of esters is 1. The van der Waals surface area contributed by atoms with Crippen LogP contribution in [-0.2, 0) is 20.9 Å². The third kappa shape index (κ3) is 6.43. The number of nitriles is 1. The summed E-state index contributed by atoms with van der Waals surface area (Å²) in [4.78, 5) is 23.2. The summed E-state index contributed by atoms with van der Waals surface area (Å²) in [7, 11) is 1.25. The number of amides is 1. The minimum atomic E-state index is -0.799. The van der Waals surface area contributed by atoms with Gasteiger partial charge in [-0.15, -0.1) is 0 Å². The van der Waals surface area contributed by atoms with E-state index in [1.54, 1.807) is 0 Å². The van der Waals surface area contributed by atoms with E-state index < -0.39 is 18.1 Å². The van der Waals surface area contributed by atoms with Crippen LogP contribution in [0.5, 0.6) is 0 Å². The predicted molar refractivity (Wildman–Crippen MR) is 75.0 cm³/mol. The molecular formula is C15H18N2O4. The first-order chi connectivity index (χ1) is 10.2. The molecule has 1 aromatic rings. The molecule has 0 aliphatic heterocycles. The smallest absolute Gasteiger partial charge is 0.408 e. The molecule has 112 valence electrons. The van der Waals surface area contributed by atoms with Gasteiger partial charge in [0.15, 0.2) is 0 Å². The first-order valence-corrected chi connectivity index (χ1v) is 6.59. The molecule has 6 heteroatoms. The molecule has 1 rings (SSSR count). The van der Waals surface area contributed by atoms with E-state index in [1.807, 2.05) is 36.4 Å². The Balaban J connectivity index is 2.44. The Hall–Kier alpha value is -2.55. The monoisotopic (exact) mass is 290 g/mol. The van der Waals surface area contributed by atoms with Crippen LogP contribution in [0, 0.1) is 11.3 Å². The van der Waals surface area contributed by atoms with Crippen LogP contribution in [0.3, 0.4) is 0 Å². The lowest BCUT2D eigenvalue weighted by Crippen LogP contribution is -2.41. The van der Waals surface area contributed by atoms with Gasteiger partial charge in [0, 0.05) is 6.42 Å². The molecule has 0 aliphatic rings. The zero-order chi connectivity index (χ0) is 15.5. The third-order valence-electron chi connectivity index (χ3n) is 2.77. The lowest BCUT2D eigenvalue weighted by molar-refractivity contribution is -0.143. The molecule has 0 spiro atoms. The van der Waals surface area contributed by atoms with Gasteiger partial charge >= 0.3 is 12.1 Å². The largest absolute Gasteiger partial charge is 0.467 e. The van der Waals surface area contributed by atoms with Crippen molar-refractivity contribution in [1.29, 1.82) is 5.26 Å². The number of alkyl carbamates (subject to hydrolysis) is 1. The van der Waals surface area contributed by atoms with Crippen molar-refractivity contribution in [3.05, 3.63) is 35.9 Å². The summed E-state index contributed by atoms with van der Waals surface area (Å²) in [6, 6.07) is 10.4. The summed E-state index contributed by atoms with van der Waals surface area (Å²) in [5.41, 5.74) is 0.853. The highest BCUT2D eigenvalue weighted by Gasteiger charge is 2.21. The van der Waals surface area contributed by atoms with Crippen molar-refractivity contribution >= 4 is 12.1 Å². The van der Waals surface area contributed by atoms with E-state index in [9.17, 15) is 9.59 Å². The van der Waals surface area contributed by atoms with E-state index in [0.717, 1.165) is 5.56 Å². The lowest BCUT2D eigenvalue weighted by atomic mass is 10.1. The molecule has 0 aromatic heterocycles. The minimum Gasteiger partial charge on any atom is -0.467 e. The van der Waals surface area contributed by atoms with Crippen molar-refractivity contribution in [2.75, 3.05) is 7.11 Å². The standard InChI is InChI=1S/C15H18N2O4/c1-20-14(18)13(9-5-6-10-16)17-15(19)21-11-12-7-3-2-4-8-12/h2-4,7-8,13H,5-6,9,11H2,1H3,(H,17,19)/t13-/m0/s1. The van der Waals surface area contributed by atoms with E-state index in [-0.39, 0.29) is 6.61 Å². The first kappa shape index (κ1) is 16.5. The van der Waals surface area contributed by atoms with Crippen molar-refractivity contribution in [3.8, 4) is 6.07 Å². The van der Waals surface area contributed by atoms with Gasteiger partial charge < -0.3 is 14.8 Å². The Kier molecular flexibility index (Phi) is 7.36. The van der Waals surface area contributed by atoms with Crippen LogP contribution < -0.4 is 5.32 Å². The Morgan fingerprint density at radius 2 is 2.05 bits per heavy atom. The summed E-state index contributed by atoms with van der Waals surface area (Å²) in [5, 5.41) is 10.9. The second-order valence-electron chi connectivity index (χ2n) is 4.33. The van der Waals surface area contributed by atoms with Crippen molar-refractivity contribution in [2.45, 2.75) is 31.9 Å². The van der Waals surface area contributed by atoms with Crippen molar-refractivity contribution in [1.82, 2.24) is 5.32 Å². The van der Waals surface area contributed by atoms with Crippen LogP contribution in [0.25, 0.3) is 0 Å². The normalized spacial score (nSPS) is 11.0. The number of benzene rings is 1. The summed E-state index contributed by atoms with van der Waals surface area (Å²) in [6.45, 7) is 0.124. The van der Waals surface area contributed by atoms with Crippen molar-refractivity contribution in [2.24, 2.45) is 0 Å². The SMILES string of the molecule is COC(=O)[C@H](CCCC#N)NC(=O)OCc1ccccc1. The number of hydrogen-bond acceptors (Lipinski definition) is 5. The summed E-state index contributed by atoms with van der Waals surface area (Å²) < 4.78 is 9.65. The highest BCUT2D eigenvalue weighted by Crippen LogP contribution is 2.04. The second kappa shape index (κ2) is 9.37. The number of ether oxygens (including phenoxy) is 2. The first-order valence-electron chi connectivity index (χ1n) is 6.59. The summed E-state index contributed by atoms with van der Waals surface area (Å²) >= 11 is 0. The molecule has 0 bridgehead atoms. The van der Waals surface area contributed by atoms with E-state index in [1.165, 1.54) is 7.11 Å². The zero-order valence-electron chi connectivity index (χ0n) is 11.9. The fourth-order valence-electron chi connectivity index (χ4n) is 1.68. The zero-order valence-corrected chi connectivity index (χ0v) is 11.9. The van der Waals surface area contributed by atoms with E-state index in [0.29, 0.717) is 19.3 Å². The van der Waals surface area contributed by atoms with E-state index in [2.05, 4.69) is 10.1 Å². The maximum Gasteiger partial charge on any atom is 0.408 e. The molecule has 0 unspecified atom stereocenters.